The van der Waals surface area contributed by atoms with Crippen molar-refractivity contribution in [1.82, 2.24) is 4.98 Å². The largest absolute Gasteiger partial charge is 0.508 e. The summed E-state index contributed by atoms with van der Waals surface area (Å²) in [6.07, 6.45) is 0.579. The van der Waals surface area contributed by atoms with E-state index in [4.69, 9.17) is 4.74 Å². The van der Waals surface area contributed by atoms with Crippen molar-refractivity contribution < 1.29 is 14.9 Å². The molecular weight excluding hydrogens is 194 g/mol. The van der Waals surface area contributed by atoms with Crippen molar-refractivity contribution in [2.45, 2.75) is 6.29 Å². The Hall–Kier alpha value is -1.65. The van der Waals surface area contributed by atoms with Crippen molar-refractivity contribution in [3.05, 3.63) is 36.2 Å². The standard InChI is InChI=1S/C11H11NO3/c1-15-11(14)10-5-7-2-3-9(13)4-8(7)6-12-10/h2-6,11,13-14H,1H3. The second-order valence-electron chi connectivity index (χ2n) is 3.23. The number of aliphatic hydroxyl groups excluding tert-OH is 1. The molecule has 1 unspecified atom stereocenters. The summed E-state index contributed by atoms with van der Waals surface area (Å²) in [5.41, 5.74) is 0.454. The Labute approximate surface area is 86.8 Å². The zero-order chi connectivity index (χ0) is 10.8. The minimum Gasteiger partial charge on any atom is -0.508 e. The highest BCUT2D eigenvalue weighted by atomic mass is 16.6. The molecule has 0 saturated heterocycles. The van der Waals surface area contributed by atoms with E-state index >= 15 is 0 Å². The molecule has 1 aromatic carbocycles. The minimum atomic E-state index is -1.01. The van der Waals surface area contributed by atoms with Gasteiger partial charge in [0, 0.05) is 18.7 Å². The molecule has 0 bridgehead atoms. The molecule has 0 amide bonds. The quantitative estimate of drug-likeness (QED) is 0.730. The summed E-state index contributed by atoms with van der Waals surface area (Å²) >= 11 is 0. The van der Waals surface area contributed by atoms with E-state index in [2.05, 4.69) is 4.98 Å². The van der Waals surface area contributed by atoms with Crippen LogP contribution in [0.15, 0.2) is 30.5 Å². The smallest absolute Gasteiger partial charge is 0.198 e. The lowest BCUT2D eigenvalue weighted by Crippen LogP contribution is -2.01. The fraction of sp³-hybridized carbons (Fsp3) is 0.182. The number of fused-ring (bicyclic) bond motifs is 1. The van der Waals surface area contributed by atoms with E-state index in [1.807, 2.05) is 0 Å². The molecule has 0 fully saturated rings. The van der Waals surface area contributed by atoms with E-state index in [9.17, 15) is 10.2 Å². The number of hydrogen-bond donors (Lipinski definition) is 2. The first kappa shape index (κ1) is 9.89. The molecule has 78 valence electrons. The Kier molecular flexibility index (Phi) is 2.53. The van der Waals surface area contributed by atoms with E-state index in [1.54, 1.807) is 30.5 Å². The first-order chi connectivity index (χ1) is 7.20. The molecule has 1 aromatic heterocycles. The molecule has 1 atom stereocenters. The van der Waals surface area contributed by atoms with Crippen LogP contribution in [0.25, 0.3) is 10.8 Å². The van der Waals surface area contributed by atoms with Crippen molar-refractivity contribution in [3.63, 3.8) is 0 Å². The number of aromatic hydroxyl groups is 1. The third-order valence-corrected chi connectivity index (χ3v) is 2.20. The van der Waals surface area contributed by atoms with E-state index < -0.39 is 6.29 Å². The maximum absolute atomic E-state index is 9.41. The lowest BCUT2D eigenvalue weighted by atomic mass is 10.1. The molecule has 2 rings (SSSR count). The number of nitrogens with zero attached hydrogens (tertiary/aromatic N) is 1. The van der Waals surface area contributed by atoms with Gasteiger partial charge in [0.2, 0.25) is 0 Å². The molecule has 0 spiro atoms. The van der Waals surface area contributed by atoms with E-state index in [0.717, 1.165) is 10.8 Å². The van der Waals surface area contributed by atoms with Gasteiger partial charge in [-0.25, -0.2) is 0 Å². The summed E-state index contributed by atoms with van der Waals surface area (Å²) < 4.78 is 4.75. The zero-order valence-electron chi connectivity index (χ0n) is 8.21. The molecule has 15 heavy (non-hydrogen) atoms. The van der Waals surface area contributed by atoms with Gasteiger partial charge in [0.1, 0.15) is 5.75 Å². The molecule has 0 radical (unpaired) electrons. The third-order valence-electron chi connectivity index (χ3n) is 2.20. The average Bonchev–Trinajstić information content (AvgIpc) is 2.27. The van der Waals surface area contributed by atoms with Crippen LogP contribution in [-0.4, -0.2) is 22.3 Å². The van der Waals surface area contributed by atoms with Gasteiger partial charge in [-0.05, 0) is 23.6 Å². The number of pyridine rings is 1. The van der Waals surface area contributed by atoms with Gasteiger partial charge in [-0.2, -0.15) is 0 Å². The summed E-state index contributed by atoms with van der Waals surface area (Å²) in [5, 5.41) is 20.4. The maximum Gasteiger partial charge on any atom is 0.198 e. The minimum absolute atomic E-state index is 0.198. The number of ether oxygens (including phenoxy) is 1. The van der Waals surface area contributed by atoms with E-state index in [1.165, 1.54) is 7.11 Å². The van der Waals surface area contributed by atoms with Crippen LogP contribution in [0.1, 0.15) is 12.0 Å². The van der Waals surface area contributed by atoms with Crippen LogP contribution in [0.4, 0.5) is 0 Å². The van der Waals surface area contributed by atoms with Crippen molar-refractivity contribution in [1.29, 1.82) is 0 Å². The van der Waals surface area contributed by atoms with Crippen molar-refractivity contribution in [2.75, 3.05) is 7.11 Å². The average molecular weight is 205 g/mol. The van der Waals surface area contributed by atoms with Gasteiger partial charge < -0.3 is 14.9 Å². The molecular formula is C11H11NO3. The van der Waals surface area contributed by atoms with Gasteiger partial charge in [0.15, 0.2) is 6.29 Å². The zero-order valence-corrected chi connectivity index (χ0v) is 8.21. The molecule has 0 aliphatic heterocycles. The van der Waals surface area contributed by atoms with Gasteiger partial charge in [-0.15, -0.1) is 0 Å². The molecule has 0 saturated carbocycles. The van der Waals surface area contributed by atoms with Crippen molar-refractivity contribution in [2.24, 2.45) is 0 Å². The lowest BCUT2D eigenvalue weighted by molar-refractivity contribution is -0.0797. The molecule has 1 heterocycles. The van der Waals surface area contributed by atoms with Gasteiger partial charge in [0.25, 0.3) is 0 Å². The normalized spacial score (nSPS) is 12.9. The summed E-state index contributed by atoms with van der Waals surface area (Å²) in [5.74, 6) is 0.198. The van der Waals surface area contributed by atoms with Crippen molar-refractivity contribution >= 4 is 10.8 Å². The highest BCUT2D eigenvalue weighted by Gasteiger charge is 2.07. The summed E-state index contributed by atoms with van der Waals surface area (Å²) in [6, 6.07) is 6.69. The third kappa shape index (κ3) is 1.91. The number of methoxy groups -OCH3 is 1. The summed E-state index contributed by atoms with van der Waals surface area (Å²) in [6.45, 7) is 0. The molecule has 0 aliphatic carbocycles. The molecule has 2 N–H and O–H groups in total. The number of aromatic nitrogens is 1. The van der Waals surface area contributed by atoms with Crippen LogP contribution in [0.5, 0.6) is 5.75 Å². The number of aliphatic hydroxyl groups is 1. The highest BCUT2D eigenvalue weighted by molar-refractivity contribution is 5.83. The molecule has 2 aromatic rings. The summed E-state index contributed by atoms with van der Waals surface area (Å²) in [4.78, 5) is 4.03. The Morgan fingerprint density at radius 1 is 1.27 bits per heavy atom. The second-order valence-corrected chi connectivity index (χ2v) is 3.23. The van der Waals surface area contributed by atoms with Gasteiger partial charge >= 0.3 is 0 Å². The first-order valence-corrected chi connectivity index (χ1v) is 4.50. The first-order valence-electron chi connectivity index (χ1n) is 4.50. The number of hydrogen-bond acceptors (Lipinski definition) is 4. The van der Waals surface area contributed by atoms with E-state index in [-0.39, 0.29) is 5.75 Å². The number of rotatable bonds is 2. The van der Waals surface area contributed by atoms with Crippen LogP contribution in [0.2, 0.25) is 0 Å². The number of phenolic OH excluding ortho intramolecular Hbond substituents is 1. The Balaban J connectivity index is 2.52. The Morgan fingerprint density at radius 2 is 2.07 bits per heavy atom. The molecule has 4 heteroatoms. The molecule has 0 aliphatic rings. The second kappa shape index (κ2) is 3.84. The monoisotopic (exact) mass is 205 g/mol. The predicted octanol–water partition coefficient (Wildman–Crippen LogP) is 1.58. The molecule has 4 nitrogen and oxygen atoms in total. The fourth-order valence-electron chi connectivity index (χ4n) is 1.40. The Morgan fingerprint density at radius 3 is 2.80 bits per heavy atom. The van der Waals surface area contributed by atoms with Crippen LogP contribution in [0.3, 0.4) is 0 Å². The maximum atomic E-state index is 9.41. The number of benzene rings is 1. The summed E-state index contributed by atoms with van der Waals surface area (Å²) in [7, 11) is 1.41. The van der Waals surface area contributed by atoms with E-state index in [0.29, 0.717) is 5.69 Å². The van der Waals surface area contributed by atoms with Crippen molar-refractivity contribution in [3.8, 4) is 5.75 Å². The SMILES string of the molecule is COC(O)c1cc2ccc(O)cc2cn1. The van der Waals surface area contributed by atoms with Crippen LogP contribution in [0, 0.1) is 0 Å². The highest BCUT2D eigenvalue weighted by Crippen LogP contribution is 2.21. The van der Waals surface area contributed by atoms with Crippen LogP contribution >= 0.6 is 0 Å². The van der Waals surface area contributed by atoms with Crippen LogP contribution in [-0.2, 0) is 4.74 Å². The Bertz CT molecular complexity index is 484. The van der Waals surface area contributed by atoms with Gasteiger partial charge in [-0.3, -0.25) is 4.98 Å². The van der Waals surface area contributed by atoms with Gasteiger partial charge in [-0.1, -0.05) is 6.07 Å². The topological polar surface area (TPSA) is 62.6 Å². The lowest BCUT2D eigenvalue weighted by Gasteiger charge is -2.08. The predicted molar refractivity (Wildman–Crippen MR) is 55.4 cm³/mol. The van der Waals surface area contributed by atoms with Gasteiger partial charge in [0.05, 0.1) is 5.69 Å². The fourth-order valence-corrected chi connectivity index (χ4v) is 1.40. The number of phenols is 1. The van der Waals surface area contributed by atoms with Crippen LogP contribution < -0.4 is 0 Å².